The maximum absolute atomic E-state index is 12.7. The molecule has 0 atom stereocenters. The lowest BCUT2D eigenvalue weighted by Crippen LogP contribution is -2.35. The van der Waals surface area contributed by atoms with Crippen LogP contribution >= 0.6 is 15.9 Å². The quantitative estimate of drug-likeness (QED) is 0.480. The summed E-state index contributed by atoms with van der Waals surface area (Å²) in [6, 6.07) is 10.0. The molecule has 0 radical (unpaired) electrons. The molecular weight excluding hydrogens is 440 g/mol. The third kappa shape index (κ3) is 5.32. The highest BCUT2D eigenvalue weighted by Gasteiger charge is 2.26. The summed E-state index contributed by atoms with van der Waals surface area (Å²) in [4.78, 5) is 37.1. The summed E-state index contributed by atoms with van der Waals surface area (Å²) in [7, 11) is 1.48. The number of benzene rings is 2. The van der Waals surface area contributed by atoms with Crippen molar-refractivity contribution >= 4 is 44.8 Å². The molecule has 0 bridgehead atoms. The van der Waals surface area contributed by atoms with Crippen molar-refractivity contribution in [2.75, 3.05) is 24.2 Å². The largest absolute Gasteiger partial charge is 0.377 e. The fourth-order valence-electron chi connectivity index (χ4n) is 2.85. The van der Waals surface area contributed by atoms with E-state index in [-0.39, 0.29) is 29.7 Å². The molecule has 2 N–H and O–H groups in total. The molecule has 152 valence electrons. The Labute approximate surface area is 176 Å². The van der Waals surface area contributed by atoms with Gasteiger partial charge in [0.05, 0.1) is 11.5 Å². The van der Waals surface area contributed by atoms with Gasteiger partial charge < -0.3 is 15.5 Å². The van der Waals surface area contributed by atoms with Crippen LogP contribution in [0, 0.1) is 17.0 Å². The first-order valence-corrected chi connectivity index (χ1v) is 9.90. The molecule has 9 heteroatoms. The summed E-state index contributed by atoms with van der Waals surface area (Å²) in [5.41, 5.74) is 1.96. The number of aryl methyl sites for hydroxylation is 1. The number of likely N-dealkylation sites (N-methyl/N-ethyl adjacent to an activating group) is 1. The van der Waals surface area contributed by atoms with E-state index >= 15 is 0 Å². The molecule has 2 amide bonds. The summed E-state index contributed by atoms with van der Waals surface area (Å²) in [5, 5.41) is 17.2. The van der Waals surface area contributed by atoms with Gasteiger partial charge in [0.1, 0.15) is 5.69 Å². The van der Waals surface area contributed by atoms with Crippen molar-refractivity contribution in [3.05, 3.63) is 62.1 Å². The number of nitro benzene ring substituents is 1. The Morgan fingerprint density at radius 3 is 2.52 bits per heavy atom. The molecule has 8 nitrogen and oxygen atoms in total. The lowest BCUT2D eigenvalue weighted by atomic mass is 10.1. The predicted octanol–water partition coefficient (Wildman–Crippen LogP) is 3.95. The number of carbonyl (C=O) groups is 2. The van der Waals surface area contributed by atoms with Crippen molar-refractivity contribution in [2.45, 2.75) is 25.8 Å². The Bertz CT molecular complexity index is 975. The maximum atomic E-state index is 12.7. The zero-order valence-corrected chi connectivity index (χ0v) is 17.7. The van der Waals surface area contributed by atoms with Crippen molar-refractivity contribution in [3.8, 4) is 0 Å². The van der Waals surface area contributed by atoms with Crippen LogP contribution in [-0.4, -0.2) is 41.3 Å². The molecule has 0 unspecified atom stereocenters. The van der Waals surface area contributed by atoms with Crippen LogP contribution in [0.25, 0.3) is 0 Å². The molecule has 1 fully saturated rings. The summed E-state index contributed by atoms with van der Waals surface area (Å²) < 4.78 is 0.904. The maximum Gasteiger partial charge on any atom is 0.293 e. The Hall–Kier alpha value is -2.94. The fourth-order valence-corrected chi connectivity index (χ4v) is 3.33. The van der Waals surface area contributed by atoms with Gasteiger partial charge in [0.2, 0.25) is 5.91 Å². The molecule has 0 saturated heterocycles. The fraction of sp³-hybridized carbons (Fsp3) is 0.300. The van der Waals surface area contributed by atoms with E-state index in [1.165, 1.54) is 24.1 Å². The first-order chi connectivity index (χ1) is 13.7. The van der Waals surface area contributed by atoms with Crippen LogP contribution in [0.1, 0.15) is 28.8 Å². The minimum atomic E-state index is -0.509. The molecule has 29 heavy (non-hydrogen) atoms. The second-order valence-electron chi connectivity index (χ2n) is 7.08. The van der Waals surface area contributed by atoms with Crippen LogP contribution in [-0.2, 0) is 4.79 Å². The number of nitro groups is 1. The van der Waals surface area contributed by atoms with Crippen LogP contribution in [0.2, 0.25) is 0 Å². The minimum absolute atomic E-state index is 0.147. The predicted molar refractivity (Wildman–Crippen MR) is 114 cm³/mol. The Kier molecular flexibility index (Phi) is 6.17. The Morgan fingerprint density at radius 2 is 1.90 bits per heavy atom. The molecule has 0 spiro atoms. The summed E-state index contributed by atoms with van der Waals surface area (Å²) in [6.45, 7) is 1.69. The summed E-state index contributed by atoms with van der Waals surface area (Å²) in [6.07, 6.45) is 1.96. The van der Waals surface area contributed by atoms with Crippen molar-refractivity contribution in [1.82, 2.24) is 4.90 Å². The van der Waals surface area contributed by atoms with E-state index < -0.39 is 10.8 Å². The van der Waals surface area contributed by atoms with E-state index in [0.29, 0.717) is 11.4 Å². The number of nitrogens with zero attached hydrogens (tertiary/aromatic N) is 2. The molecule has 1 aliphatic carbocycles. The number of carbonyl (C=O) groups excluding carboxylic acids is 2. The number of rotatable bonds is 7. The van der Waals surface area contributed by atoms with E-state index in [9.17, 15) is 19.7 Å². The van der Waals surface area contributed by atoms with Gasteiger partial charge in [0, 0.05) is 34.9 Å². The van der Waals surface area contributed by atoms with Gasteiger partial charge >= 0.3 is 0 Å². The summed E-state index contributed by atoms with van der Waals surface area (Å²) >= 11 is 3.37. The van der Waals surface area contributed by atoms with Gasteiger partial charge in [-0.05, 0) is 55.7 Å². The molecule has 0 heterocycles. The third-order valence-corrected chi connectivity index (χ3v) is 5.06. The van der Waals surface area contributed by atoms with Crippen LogP contribution in [0.4, 0.5) is 17.1 Å². The zero-order valence-electron chi connectivity index (χ0n) is 16.1. The Morgan fingerprint density at radius 1 is 1.21 bits per heavy atom. The topological polar surface area (TPSA) is 105 Å². The standard InChI is InChI=1S/C20H21BrN4O4/c1-12-9-14(21)4-8-16(12)23-19(26)11-24(2)20(27)13-3-7-17(22-15-5-6-15)18(10-13)25(28)29/h3-4,7-10,15,22H,5-6,11H2,1-2H3,(H,23,26). The summed E-state index contributed by atoms with van der Waals surface area (Å²) in [5.74, 6) is -0.818. The molecule has 1 aliphatic rings. The average molecular weight is 461 g/mol. The molecule has 0 aromatic heterocycles. The van der Waals surface area contributed by atoms with Gasteiger partial charge in [0.25, 0.3) is 11.6 Å². The number of hydrogen-bond acceptors (Lipinski definition) is 5. The van der Waals surface area contributed by atoms with Gasteiger partial charge in [-0.25, -0.2) is 0 Å². The van der Waals surface area contributed by atoms with Crippen molar-refractivity contribution in [1.29, 1.82) is 0 Å². The van der Waals surface area contributed by atoms with Gasteiger partial charge in [-0.3, -0.25) is 19.7 Å². The smallest absolute Gasteiger partial charge is 0.293 e. The van der Waals surface area contributed by atoms with E-state index in [2.05, 4.69) is 26.6 Å². The molecule has 2 aromatic rings. The Balaban J connectivity index is 1.68. The van der Waals surface area contributed by atoms with Crippen molar-refractivity contribution < 1.29 is 14.5 Å². The van der Waals surface area contributed by atoms with Crippen LogP contribution < -0.4 is 10.6 Å². The van der Waals surface area contributed by atoms with E-state index in [1.54, 1.807) is 12.1 Å². The van der Waals surface area contributed by atoms with E-state index in [1.807, 2.05) is 19.1 Å². The number of hydrogen-bond donors (Lipinski definition) is 2. The van der Waals surface area contributed by atoms with E-state index in [4.69, 9.17) is 0 Å². The van der Waals surface area contributed by atoms with Gasteiger partial charge in [-0.2, -0.15) is 0 Å². The monoisotopic (exact) mass is 460 g/mol. The SMILES string of the molecule is Cc1cc(Br)ccc1NC(=O)CN(C)C(=O)c1ccc(NC2CC2)c([N+](=O)[O-])c1. The van der Waals surface area contributed by atoms with Crippen LogP contribution in [0.15, 0.2) is 40.9 Å². The number of halogens is 1. The van der Waals surface area contributed by atoms with Gasteiger partial charge in [-0.1, -0.05) is 15.9 Å². The number of anilines is 2. The normalized spacial score (nSPS) is 12.9. The van der Waals surface area contributed by atoms with Crippen LogP contribution in [0.3, 0.4) is 0 Å². The first kappa shape index (κ1) is 20.8. The molecule has 3 rings (SSSR count). The second-order valence-corrected chi connectivity index (χ2v) is 7.99. The molecule has 0 aliphatic heterocycles. The molecule has 2 aromatic carbocycles. The van der Waals surface area contributed by atoms with E-state index in [0.717, 1.165) is 22.9 Å². The first-order valence-electron chi connectivity index (χ1n) is 9.11. The van der Waals surface area contributed by atoms with Crippen molar-refractivity contribution in [2.24, 2.45) is 0 Å². The van der Waals surface area contributed by atoms with Crippen molar-refractivity contribution in [3.63, 3.8) is 0 Å². The lowest BCUT2D eigenvalue weighted by Gasteiger charge is -2.18. The highest BCUT2D eigenvalue weighted by molar-refractivity contribution is 9.10. The van der Waals surface area contributed by atoms with Gasteiger partial charge in [-0.15, -0.1) is 0 Å². The number of amides is 2. The third-order valence-electron chi connectivity index (χ3n) is 4.57. The van der Waals surface area contributed by atoms with Gasteiger partial charge in [0.15, 0.2) is 0 Å². The highest BCUT2D eigenvalue weighted by atomic mass is 79.9. The number of nitrogens with one attached hydrogen (secondary N) is 2. The average Bonchev–Trinajstić information content (AvgIpc) is 3.47. The lowest BCUT2D eigenvalue weighted by molar-refractivity contribution is -0.384. The minimum Gasteiger partial charge on any atom is -0.377 e. The zero-order chi connectivity index (χ0) is 21.1. The molecular formula is C20H21BrN4O4. The van der Waals surface area contributed by atoms with Crippen LogP contribution in [0.5, 0.6) is 0 Å². The molecule has 1 saturated carbocycles. The highest BCUT2D eigenvalue weighted by Crippen LogP contribution is 2.31. The second kappa shape index (κ2) is 8.60.